The molecule has 0 radical (unpaired) electrons. The molecule has 122 valence electrons. The first-order chi connectivity index (χ1) is 11.7. The Labute approximate surface area is 137 Å². The maximum Gasteiger partial charge on any atom is 0.346 e. The molecule has 7 heteroatoms. The number of hydrogen-bond acceptors (Lipinski definition) is 5. The number of furan rings is 1. The Morgan fingerprint density at radius 3 is 2.92 bits per heavy atom. The maximum absolute atomic E-state index is 12.2. The second-order valence-corrected chi connectivity index (χ2v) is 4.98. The van der Waals surface area contributed by atoms with Gasteiger partial charge in [0, 0.05) is 5.56 Å². The zero-order valence-electron chi connectivity index (χ0n) is 12.9. The highest BCUT2D eigenvalue weighted by atomic mass is 16.5. The first kappa shape index (κ1) is 15.5. The SMILES string of the molecule is COc1cccc(-c2cc(C(=O)NCc3ccco3)[nH]c(=O)n2)c1. The van der Waals surface area contributed by atoms with Crippen LogP contribution < -0.4 is 15.7 Å². The predicted molar refractivity (Wildman–Crippen MR) is 86.7 cm³/mol. The molecule has 0 bridgehead atoms. The summed E-state index contributed by atoms with van der Waals surface area (Å²) in [5.74, 6) is 0.834. The highest BCUT2D eigenvalue weighted by Crippen LogP contribution is 2.21. The molecule has 7 nitrogen and oxygen atoms in total. The van der Waals surface area contributed by atoms with Gasteiger partial charge in [-0.05, 0) is 30.3 Å². The topological polar surface area (TPSA) is 97.2 Å². The van der Waals surface area contributed by atoms with Gasteiger partial charge in [-0.1, -0.05) is 12.1 Å². The van der Waals surface area contributed by atoms with Gasteiger partial charge in [-0.15, -0.1) is 0 Å². The molecule has 0 atom stereocenters. The van der Waals surface area contributed by atoms with E-state index in [1.165, 1.54) is 12.3 Å². The lowest BCUT2D eigenvalue weighted by Gasteiger charge is -2.06. The van der Waals surface area contributed by atoms with Crippen LogP contribution in [0.25, 0.3) is 11.3 Å². The summed E-state index contributed by atoms with van der Waals surface area (Å²) in [6, 6.07) is 12.1. The lowest BCUT2D eigenvalue weighted by atomic mass is 10.1. The molecule has 0 aliphatic carbocycles. The van der Waals surface area contributed by atoms with Crippen LogP contribution in [0.3, 0.4) is 0 Å². The summed E-state index contributed by atoms with van der Waals surface area (Å²) >= 11 is 0. The number of aromatic amines is 1. The Morgan fingerprint density at radius 2 is 2.17 bits per heavy atom. The van der Waals surface area contributed by atoms with E-state index < -0.39 is 11.6 Å². The van der Waals surface area contributed by atoms with Crippen molar-refractivity contribution >= 4 is 5.91 Å². The summed E-state index contributed by atoms with van der Waals surface area (Å²) in [7, 11) is 1.55. The number of H-pyrrole nitrogens is 1. The van der Waals surface area contributed by atoms with Gasteiger partial charge in [0.2, 0.25) is 0 Å². The average Bonchev–Trinajstić information content (AvgIpc) is 3.12. The molecule has 0 aliphatic rings. The molecular weight excluding hydrogens is 310 g/mol. The van der Waals surface area contributed by atoms with E-state index in [2.05, 4.69) is 15.3 Å². The molecule has 0 saturated heterocycles. The fourth-order valence-electron chi connectivity index (χ4n) is 2.19. The smallest absolute Gasteiger partial charge is 0.346 e. The summed E-state index contributed by atoms with van der Waals surface area (Å²) in [6.45, 7) is 0.227. The Balaban J connectivity index is 1.85. The van der Waals surface area contributed by atoms with Crippen molar-refractivity contribution in [2.75, 3.05) is 7.11 Å². The Morgan fingerprint density at radius 1 is 1.29 bits per heavy atom. The number of carbonyl (C=O) groups excluding carboxylic acids is 1. The number of benzene rings is 1. The minimum Gasteiger partial charge on any atom is -0.497 e. The van der Waals surface area contributed by atoms with Crippen LogP contribution in [0.5, 0.6) is 5.75 Å². The molecule has 3 aromatic rings. The summed E-state index contributed by atoms with van der Waals surface area (Å²) < 4.78 is 10.3. The summed E-state index contributed by atoms with van der Waals surface area (Å²) in [6.07, 6.45) is 1.52. The Bertz CT molecular complexity index is 900. The van der Waals surface area contributed by atoms with E-state index in [0.29, 0.717) is 22.8 Å². The van der Waals surface area contributed by atoms with E-state index >= 15 is 0 Å². The third-order valence-corrected chi connectivity index (χ3v) is 3.36. The van der Waals surface area contributed by atoms with Crippen LogP contribution in [0, 0.1) is 0 Å². The molecule has 0 spiro atoms. The van der Waals surface area contributed by atoms with Gasteiger partial charge in [-0.3, -0.25) is 4.79 Å². The molecule has 0 fully saturated rings. The van der Waals surface area contributed by atoms with E-state index in [9.17, 15) is 9.59 Å². The van der Waals surface area contributed by atoms with Crippen LogP contribution >= 0.6 is 0 Å². The summed E-state index contributed by atoms with van der Waals surface area (Å²) in [4.78, 5) is 30.3. The van der Waals surface area contributed by atoms with E-state index in [0.717, 1.165) is 0 Å². The number of nitrogens with one attached hydrogen (secondary N) is 2. The minimum atomic E-state index is -0.599. The molecule has 2 N–H and O–H groups in total. The lowest BCUT2D eigenvalue weighted by molar-refractivity contribution is 0.0942. The van der Waals surface area contributed by atoms with Crippen LogP contribution in [-0.4, -0.2) is 23.0 Å². The number of carbonyl (C=O) groups is 1. The number of aromatic nitrogens is 2. The molecule has 1 aromatic carbocycles. The van der Waals surface area contributed by atoms with Crippen LogP contribution in [0.1, 0.15) is 16.2 Å². The molecule has 0 unspecified atom stereocenters. The van der Waals surface area contributed by atoms with Gasteiger partial charge in [0.1, 0.15) is 17.2 Å². The maximum atomic E-state index is 12.2. The largest absolute Gasteiger partial charge is 0.497 e. The van der Waals surface area contributed by atoms with Crippen molar-refractivity contribution in [2.24, 2.45) is 0 Å². The zero-order chi connectivity index (χ0) is 16.9. The van der Waals surface area contributed by atoms with E-state index in [1.54, 1.807) is 43.5 Å². The van der Waals surface area contributed by atoms with E-state index in [1.807, 2.05) is 0 Å². The standard InChI is InChI=1S/C17H15N3O4/c1-23-12-5-2-4-11(8-12)14-9-15(20-17(22)19-14)16(21)18-10-13-6-3-7-24-13/h2-9H,10H2,1H3,(H,18,21)(H,19,20,22). The van der Waals surface area contributed by atoms with Crippen molar-refractivity contribution in [1.29, 1.82) is 0 Å². The normalized spacial score (nSPS) is 10.4. The lowest BCUT2D eigenvalue weighted by Crippen LogP contribution is -2.27. The van der Waals surface area contributed by atoms with Crippen LogP contribution in [-0.2, 0) is 6.54 Å². The van der Waals surface area contributed by atoms with Gasteiger partial charge in [-0.2, -0.15) is 4.98 Å². The first-order valence-electron chi connectivity index (χ1n) is 7.22. The van der Waals surface area contributed by atoms with Crippen molar-refractivity contribution in [3.63, 3.8) is 0 Å². The second-order valence-electron chi connectivity index (χ2n) is 4.98. The van der Waals surface area contributed by atoms with Crippen LogP contribution in [0.2, 0.25) is 0 Å². The number of ether oxygens (including phenoxy) is 1. The van der Waals surface area contributed by atoms with Gasteiger partial charge < -0.3 is 19.5 Å². The quantitative estimate of drug-likeness (QED) is 0.747. The molecule has 3 rings (SSSR count). The highest BCUT2D eigenvalue weighted by molar-refractivity contribution is 5.93. The molecule has 2 heterocycles. The minimum absolute atomic E-state index is 0.124. The van der Waals surface area contributed by atoms with Gasteiger partial charge in [0.05, 0.1) is 25.6 Å². The number of methoxy groups -OCH3 is 1. The van der Waals surface area contributed by atoms with Gasteiger partial charge in [-0.25, -0.2) is 4.79 Å². The third kappa shape index (κ3) is 3.52. The van der Waals surface area contributed by atoms with Crippen molar-refractivity contribution in [1.82, 2.24) is 15.3 Å². The Hall–Kier alpha value is -3.35. The summed E-state index contributed by atoms with van der Waals surface area (Å²) in [5.41, 5.74) is 0.596. The highest BCUT2D eigenvalue weighted by Gasteiger charge is 2.11. The molecule has 2 aromatic heterocycles. The van der Waals surface area contributed by atoms with E-state index in [-0.39, 0.29) is 12.2 Å². The average molecular weight is 325 g/mol. The number of rotatable bonds is 5. The van der Waals surface area contributed by atoms with Crippen molar-refractivity contribution in [3.8, 4) is 17.0 Å². The number of amides is 1. The van der Waals surface area contributed by atoms with Gasteiger partial charge in [0.15, 0.2) is 0 Å². The number of hydrogen-bond donors (Lipinski definition) is 2. The fraction of sp³-hybridized carbons (Fsp3) is 0.118. The fourth-order valence-corrected chi connectivity index (χ4v) is 2.19. The molecule has 0 aliphatic heterocycles. The van der Waals surface area contributed by atoms with Crippen LogP contribution in [0.4, 0.5) is 0 Å². The van der Waals surface area contributed by atoms with Crippen molar-refractivity contribution in [3.05, 3.63) is 70.7 Å². The zero-order valence-corrected chi connectivity index (χ0v) is 12.9. The predicted octanol–water partition coefficient (Wildman–Crippen LogP) is 1.97. The molecule has 24 heavy (non-hydrogen) atoms. The summed E-state index contributed by atoms with van der Waals surface area (Å²) in [5, 5.41) is 2.67. The first-order valence-corrected chi connectivity index (χ1v) is 7.22. The second kappa shape index (κ2) is 6.82. The third-order valence-electron chi connectivity index (χ3n) is 3.36. The number of nitrogens with zero attached hydrogens (tertiary/aromatic N) is 1. The molecule has 0 saturated carbocycles. The monoisotopic (exact) mass is 325 g/mol. The van der Waals surface area contributed by atoms with E-state index in [4.69, 9.17) is 9.15 Å². The van der Waals surface area contributed by atoms with Gasteiger partial charge in [0.25, 0.3) is 5.91 Å². The van der Waals surface area contributed by atoms with Gasteiger partial charge >= 0.3 is 5.69 Å². The van der Waals surface area contributed by atoms with Crippen molar-refractivity contribution in [2.45, 2.75) is 6.54 Å². The Kier molecular flexibility index (Phi) is 4.42. The van der Waals surface area contributed by atoms with Crippen molar-refractivity contribution < 1.29 is 13.9 Å². The van der Waals surface area contributed by atoms with Crippen LogP contribution in [0.15, 0.2) is 57.9 Å². The molecule has 1 amide bonds. The molecular formula is C17H15N3O4.